The summed E-state index contributed by atoms with van der Waals surface area (Å²) >= 11 is 5.37. The molecular formula is C9H10ClNO. The highest BCUT2D eigenvalue weighted by molar-refractivity contribution is 6.19. The van der Waals surface area contributed by atoms with Gasteiger partial charge < -0.3 is 5.32 Å². The van der Waals surface area contributed by atoms with Crippen molar-refractivity contribution in [1.29, 1.82) is 0 Å². The maximum atomic E-state index is 11.3. The molecule has 0 aromatic heterocycles. The molecule has 1 rings (SSSR count). The lowest BCUT2D eigenvalue weighted by molar-refractivity contribution is 0.0960. The molecule has 1 aromatic rings. The number of aryl methyl sites for hydroxylation is 1. The summed E-state index contributed by atoms with van der Waals surface area (Å²) in [6, 6.07) is 7.54. The Kier molecular flexibility index (Phi) is 3.11. The third-order valence-corrected chi connectivity index (χ3v) is 1.75. The molecule has 0 atom stereocenters. The summed E-state index contributed by atoms with van der Waals surface area (Å²) in [6.45, 7) is 1.89. The number of rotatable bonds is 2. The highest BCUT2D eigenvalue weighted by Crippen LogP contribution is 2.05. The summed E-state index contributed by atoms with van der Waals surface area (Å²) in [6.07, 6.45) is 0. The molecule has 0 saturated heterocycles. The SMILES string of the molecule is Cc1ccccc1C(=O)NCCl. The first kappa shape index (κ1) is 9.07. The van der Waals surface area contributed by atoms with Crippen molar-refractivity contribution in [2.45, 2.75) is 6.92 Å². The molecule has 0 radical (unpaired) electrons. The van der Waals surface area contributed by atoms with Gasteiger partial charge in [0.15, 0.2) is 0 Å². The van der Waals surface area contributed by atoms with E-state index in [9.17, 15) is 4.79 Å². The van der Waals surface area contributed by atoms with Crippen molar-refractivity contribution < 1.29 is 4.79 Å². The Labute approximate surface area is 76.5 Å². The van der Waals surface area contributed by atoms with Crippen molar-refractivity contribution in [3.05, 3.63) is 35.4 Å². The standard InChI is InChI=1S/C9H10ClNO/c1-7-4-2-3-5-8(7)9(12)11-6-10/h2-5H,6H2,1H3,(H,11,12). The van der Waals surface area contributed by atoms with Gasteiger partial charge in [0, 0.05) is 5.56 Å². The normalized spacial score (nSPS) is 9.50. The summed E-state index contributed by atoms with van der Waals surface area (Å²) in [4.78, 5) is 11.3. The van der Waals surface area contributed by atoms with Gasteiger partial charge >= 0.3 is 0 Å². The first-order chi connectivity index (χ1) is 5.75. The van der Waals surface area contributed by atoms with Gasteiger partial charge in [0.25, 0.3) is 5.91 Å². The Hall–Kier alpha value is -1.02. The number of nitrogens with one attached hydrogen (secondary N) is 1. The van der Waals surface area contributed by atoms with E-state index >= 15 is 0 Å². The Morgan fingerprint density at radius 3 is 2.75 bits per heavy atom. The second-order valence-corrected chi connectivity index (χ2v) is 2.72. The van der Waals surface area contributed by atoms with E-state index in [-0.39, 0.29) is 11.9 Å². The third-order valence-electron chi connectivity index (χ3n) is 1.62. The van der Waals surface area contributed by atoms with E-state index in [0.717, 1.165) is 5.56 Å². The van der Waals surface area contributed by atoms with Crippen LogP contribution in [0.25, 0.3) is 0 Å². The largest absolute Gasteiger partial charge is 0.339 e. The van der Waals surface area contributed by atoms with E-state index in [1.807, 2.05) is 25.1 Å². The van der Waals surface area contributed by atoms with Crippen molar-refractivity contribution in [3.8, 4) is 0 Å². The van der Waals surface area contributed by atoms with E-state index in [0.29, 0.717) is 5.56 Å². The molecule has 0 aliphatic carbocycles. The van der Waals surface area contributed by atoms with E-state index in [1.165, 1.54) is 0 Å². The number of hydrogen-bond donors (Lipinski definition) is 1. The van der Waals surface area contributed by atoms with Gasteiger partial charge in [-0.3, -0.25) is 4.79 Å². The van der Waals surface area contributed by atoms with E-state index in [1.54, 1.807) is 6.07 Å². The zero-order chi connectivity index (χ0) is 8.97. The Balaban J connectivity index is 2.87. The molecule has 0 spiro atoms. The molecule has 12 heavy (non-hydrogen) atoms. The number of carbonyl (C=O) groups excluding carboxylic acids is 1. The Bertz CT molecular complexity index is 286. The Morgan fingerprint density at radius 2 is 2.17 bits per heavy atom. The van der Waals surface area contributed by atoms with E-state index < -0.39 is 0 Å². The van der Waals surface area contributed by atoms with Crippen LogP contribution in [0.1, 0.15) is 15.9 Å². The van der Waals surface area contributed by atoms with Gasteiger partial charge in [0.2, 0.25) is 0 Å². The highest BCUT2D eigenvalue weighted by Gasteiger charge is 2.05. The number of alkyl halides is 1. The van der Waals surface area contributed by atoms with Crippen LogP contribution in [0.15, 0.2) is 24.3 Å². The molecular weight excluding hydrogens is 174 g/mol. The molecule has 1 amide bonds. The fraction of sp³-hybridized carbons (Fsp3) is 0.222. The van der Waals surface area contributed by atoms with Crippen molar-refractivity contribution in [2.75, 3.05) is 6.00 Å². The van der Waals surface area contributed by atoms with Crippen molar-refractivity contribution >= 4 is 17.5 Å². The Morgan fingerprint density at radius 1 is 1.50 bits per heavy atom. The lowest BCUT2D eigenvalue weighted by atomic mass is 10.1. The fourth-order valence-corrected chi connectivity index (χ4v) is 1.10. The van der Waals surface area contributed by atoms with Crippen molar-refractivity contribution in [3.63, 3.8) is 0 Å². The van der Waals surface area contributed by atoms with Crippen LogP contribution in [0.5, 0.6) is 0 Å². The minimum Gasteiger partial charge on any atom is -0.339 e. The number of hydrogen-bond acceptors (Lipinski definition) is 1. The fourth-order valence-electron chi connectivity index (χ4n) is 0.984. The predicted octanol–water partition coefficient (Wildman–Crippen LogP) is 1.92. The summed E-state index contributed by atoms with van der Waals surface area (Å²) in [5, 5.41) is 2.53. The molecule has 1 aromatic carbocycles. The zero-order valence-electron chi connectivity index (χ0n) is 6.80. The monoisotopic (exact) mass is 183 g/mol. The summed E-state index contributed by atoms with van der Waals surface area (Å²) in [5.41, 5.74) is 1.64. The second-order valence-electron chi connectivity index (χ2n) is 2.45. The van der Waals surface area contributed by atoms with Crippen LogP contribution in [-0.4, -0.2) is 11.9 Å². The maximum absolute atomic E-state index is 11.3. The maximum Gasteiger partial charge on any atom is 0.252 e. The molecule has 1 N–H and O–H groups in total. The molecule has 0 aliphatic rings. The molecule has 0 bridgehead atoms. The number of halogens is 1. The minimum atomic E-state index is -0.122. The zero-order valence-corrected chi connectivity index (χ0v) is 7.56. The molecule has 0 fully saturated rings. The third kappa shape index (κ3) is 1.98. The van der Waals surface area contributed by atoms with Gasteiger partial charge in [0.1, 0.15) is 0 Å². The average Bonchev–Trinajstić information content (AvgIpc) is 2.05. The predicted molar refractivity (Wildman–Crippen MR) is 49.4 cm³/mol. The van der Waals surface area contributed by atoms with Gasteiger partial charge in [0.05, 0.1) is 6.00 Å². The van der Waals surface area contributed by atoms with Gasteiger partial charge in [-0.05, 0) is 18.6 Å². The van der Waals surface area contributed by atoms with Crippen LogP contribution in [0, 0.1) is 6.92 Å². The molecule has 0 aliphatic heterocycles. The van der Waals surface area contributed by atoms with Crippen molar-refractivity contribution in [1.82, 2.24) is 5.32 Å². The quantitative estimate of drug-likeness (QED) is 0.551. The lowest BCUT2D eigenvalue weighted by Gasteiger charge is -2.03. The number of carbonyl (C=O) groups is 1. The van der Waals surface area contributed by atoms with Crippen LogP contribution in [0.2, 0.25) is 0 Å². The molecule has 0 saturated carbocycles. The van der Waals surface area contributed by atoms with E-state index in [4.69, 9.17) is 11.6 Å². The van der Waals surface area contributed by atoms with Gasteiger partial charge in [-0.2, -0.15) is 0 Å². The first-order valence-electron chi connectivity index (χ1n) is 3.65. The van der Waals surface area contributed by atoms with Crippen LogP contribution in [0.4, 0.5) is 0 Å². The van der Waals surface area contributed by atoms with Crippen LogP contribution in [-0.2, 0) is 0 Å². The van der Waals surface area contributed by atoms with Crippen LogP contribution in [0.3, 0.4) is 0 Å². The highest BCUT2D eigenvalue weighted by atomic mass is 35.5. The second kappa shape index (κ2) is 4.12. The van der Waals surface area contributed by atoms with Crippen LogP contribution < -0.4 is 5.32 Å². The smallest absolute Gasteiger partial charge is 0.252 e. The van der Waals surface area contributed by atoms with Gasteiger partial charge in [-0.1, -0.05) is 18.2 Å². The molecule has 0 unspecified atom stereocenters. The van der Waals surface area contributed by atoms with Crippen molar-refractivity contribution in [2.24, 2.45) is 0 Å². The summed E-state index contributed by atoms with van der Waals surface area (Å²) in [7, 11) is 0. The molecule has 3 heteroatoms. The summed E-state index contributed by atoms with van der Waals surface area (Å²) < 4.78 is 0. The minimum absolute atomic E-state index is 0.122. The van der Waals surface area contributed by atoms with Gasteiger partial charge in [-0.15, -0.1) is 11.6 Å². The van der Waals surface area contributed by atoms with E-state index in [2.05, 4.69) is 5.32 Å². The summed E-state index contributed by atoms with van der Waals surface area (Å²) in [5.74, 6) is -0.122. The number of amides is 1. The molecule has 2 nitrogen and oxygen atoms in total. The van der Waals surface area contributed by atoms with Crippen LogP contribution >= 0.6 is 11.6 Å². The first-order valence-corrected chi connectivity index (χ1v) is 4.19. The lowest BCUT2D eigenvalue weighted by Crippen LogP contribution is -2.22. The topological polar surface area (TPSA) is 29.1 Å². The molecule has 0 heterocycles. The molecule has 64 valence electrons. The number of benzene rings is 1. The average molecular weight is 184 g/mol. The van der Waals surface area contributed by atoms with Gasteiger partial charge in [-0.25, -0.2) is 0 Å².